The number of pyridine rings is 1. The molecule has 3 heteroatoms. The van der Waals surface area contributed by atoms with Crippen LogP contribution in [0, 0.1) is 6.92 Å². The van der Waals surface area contributed by atoms with Crippen LogP contribution in [0.5, 0.6) is 11.6 Å². The summed E-state index contributed by atoms with van der Waals surface area (Å²) in [5.74, 6) is 1.47. The second-order valence-corrected chi connectivity index (χ2v) is 5.06. The van der Waals surface area contributed by atoms with E-state index in [1.54, 1.807) is 0 Å². The minimum Gasteiger partial charge on any atom is -0.438 e. The standard InChI is InChI=1S/C18H18N2O/c1-13-10-14(12-19-2)11-18(20-13)21-17-9-5-7-15-6-3-4-8-16(15)17/h3-11,19H,12H2,1-2H3. The Kier molecular flexibility index (Phi) is 3.84. The van der Waals surface area contributed by atoms with Gasteiger partial charge in [0.15, 0.2) is 0 Å². The highest BCUT2D eigenvalue weighted by molar-refractivity contribution is 5.88. The molecule has 0 unspecified atom stereocenters. The van der Waals surface area contributed by atoms with Crippen LogP contribution in [0.3, 0.4) is 0 Å². The normalized spacial score (nSPS) is 10.8. The molecule has 0 atom stereocenters. The number of rotatable bonds is 4. The predicted molar refractivity (Wildman–Crippen MR) is 85.8 cm³/mol. The molecule has 21 heavy (non-hydrogen) atoms. The van der Waals surface area contributed by atoms with Gasteiger partial charge in [-0.25, -0.2) is 4.98 Å². The number of hydrogen-bond acceptors (Lipinski definition) is 3. The van der Waals surface area contributed by atoms with Crippen LogP contribution in [-0.4, -0.2) is 12.0 Å². The molecule has 3 aromatic rings. The van der Waals surface area contributed by atoms with Crippen LogP contribution in [0.15, 0.2) is 54.6 Å². The average Bonchev–Trinajstić information content (AvgIpc) is 2.47. The Hall–Kier alpha value is -2.39. The van der Waals surface area contributed by atoms with E-state index in [0.717, 1.165) is 28.8 Å². The number of nitrogens with one attached hydrogen (secondary N) is 1. The number of hydrogen-bond donors (Lipinski definition) is 1. The fourth-order valence-corrected chi connectivity index (χ4v) is 2.46. The Bertz CT molecular complexity index is 763. The van der Waals surface area contributed by atoms with Crippen molar-refractivity contribution in [1.29, 1.82) is 0 Å². The zero-order valence-corrected chi connectivity index (χ0v) is 12.3. The lowest BCUT2D eigenvalue weighted by atomic mass is 10.1. The molecule has 3 nitrogen and oxygen atoms in total. The summed E-state index contributed by atoms with van der Waals surface area (Å²) in [5, 5.41) is 5.41. The maximum Gasteiger partial charge on any atom is 0.219 e. The molecular weight excluding hydrogens is 260 g/mol. The van der Waals surface area contributed by atoms with Crippen molar-refractivity contribution in [3.8, 4) is 11.6 Å². The SMILES string of the molecule is CNCc1cc(C)nc(Oc2cccc3ccccc23)c1. The molecule has 1 aromatic heterocycles. The smallest absolute Gasteiger partial charge is 0.219 e. The Morgan fingerprint density at radius 3 is 2.71 bits per heavy atom. The van der Waals surface area contributed by atoms with Gasteiger partial charge in [-0.15, -0.1) is 0 Å². The van der Waals surface area contributed by atoms with Gasteiger partial charge in [-0.05, 0) is 37.1 Å². The van der Waals surface area contributed by atoms with Gasteiger partial charge in [0.1, 0.15) is 5.75 Å². The van der Waals surface area contributed by atoms with E-state index < -0.39 is 0 Å². The van der Waals surface area contributed by atoms with Crippen LogP contribution in [0.1, 0.15) is 11.3 Å². The molecule has 1 N–H and O–H groups in total. The lowest BCUT2D eigenvalue weighted by molar-refractivity contribution is 0.466. The van der Waals surface area contributed by atoms with Gasteiger partial charge in [0, 0.05) is 23.7 Å². The molecule has 3 rings (SSSR count). The Morgan fingerprint density at radius 1 is 1.05 bits per heavy atom. The highest BCUT2D eigenvalue weighted by Crippen LogP contribution is 2.29. The summed E-state index contributed by atoms with van der Waals surface area (Å²) in [7, 11) is 1.93. The monoisotopic (exact) mass is 278 g/mol. The number of benzene rings is 2. The van der Waals surface area contributed by atoms with Crippen LogP contribution >= 0.6 is 0 Å². The number of aryl methyl sites for hydroxylation is 1. The van der Waals surface area contributed by atoms with Crippen molar-refractivity contribution in [1.82, 2.24) is 10.3 Å². The van der Waals surface area contributed by atoms with Crippen molar-refractivity contribution in [3.05, 3.63) is 65.9 Å². The van der Waals surface area contributed by atoms with E-state index in [0.29, 0.717) is 5.88 Å². The Balaban J connectivity index is 1.98. The van der Waals surface area contributed by atoms with E-state index in [1.165, 1.54) is 5.56 Å². The number of aromatic nitrogens is 1. The number of fused-ring (bicyclic) bond motifs is 1. The fraction of sp³-hybridized carbons (Fsp3) is 0.167. The van der Waals surface area contributed by atoms with Crippen LogP contribution < -0.4 is 10.1 Å². The summed E-state index contributed by atoms with van der Waals surface area (Å²) in [4.78, 5) is 4.47. The molecule has 0 fully saturated rings. The first-order valence-electron chi connectivity index (χ1n) is 7.04. The molecule has 0 saturated heterocycles. The minimum absolute atomic E-state index is 0.636. The quantitative estimate of drug-likeness (QED) is 0.781. The lowest BCUT2D eigenvalue weighted by Gasteiger charge is -2.10. The molecule has 0 saturated carbocycles. The molecule has 0 radical (unpaired) electrons. The molecule has 0 aliphatic heterocycles. The summed E-state index contributed by atoms with van der Waals surface area (Å²) >= 11 is 0. The third-order valence-electron chi connectivity index (χ3n) is 3.33. The highest BCUT2D eigenvalue weighted by atomic mass is 16.5. The molecule has 106 valence electrons. The largest absolute Gasteiger partial charge is 0.438 e. The molecule has 0 amide bonds. The Labute approximate surface area is 124 Å². The van der Waals surface area contributed by atoms with Crippen LogP contribution in [0.4, 0.5) is 0 Å². The van der Waals surface area contributed by atoms with Gasteiger partial charge in [0.25, 0.3) is 0 Å². The molecule has 2 aromatic carbocycles. The van der Waals surface area contributed by atoms with Gasteiger partial charge >= 0.3 is 0 Å². The van der Waals surface area contributed by atoms with Gasteiger partial charge in [-0.2, -0.15) is 0 Å². The van der Waals surface area contributed by atoms with Crippen molar-refractivity contribution in [2.24, 2.45) is 0 Å². The first kappa shape index (κ1) is 13.6. The van der Waals surface area contributed by atoms with Crippen LogP contribution in [0.2, 0.25) is 0 Å². The minimum atomic E-state index is 0.636. The maximum atomic E-state index is 6.02. The second-order valence-electron chi connectivity index (χ2n) is 5.06. The second kappa shape index (κ2) is 5.94. The van der Waals surface area contributed by atoms with E-state index in [1.807, 2.05) is 44.3 Å². The van der Waals surface area contributed by atoms with Crippen molar-refractivity contribution in [2.45, 2.75) is 13.5 Å². The molecule has 0 spiro atoms. The molecule has 1 heterocycles. The van der Waals surface area contributed by atoms with Crippen molar-refractivity contribution in [3.63, 3.8) is 0 Å². The molecular formula is C18H18N2O. The van der Waals surface area contributed by atoms with E-state index in [9.17, 15) is 0 Å². The average molecular weight is 278 g/mol. The highest BCUT2D eigenvalue weighted by Gasteiger charge is 2.06. The van der Waals surface area contributed by atoms with E-state index in [-0.39, 0.29) is 0 Å². The topological polar surface area (TPSA) is 34.2 Å². The van der Waals surface area contributed by atoms with E-state index in [4.69, 9.17) is 4.74 Å². The van der Waals surface area contributed by atoms with Gasteiger partial charge < -0.3 is 10.1 Å². The van der Waals surface area contributed by atoms with Crippen LogP contribution in [-0.2, 0) is 6.54 Å². The fourth-order valence-electron chi connectivity index (χ4n) is 2.46. The summed E-state index contributed by atoms with van der Waals surface area (Å²) < 4.78 is 6.02. The molecule has 0 bridgehead atoms. The summed E-state index contributed by atoms with van der Waals surface area (Å²) in [6.45, 7) is 2.78. The van der Waals surface area contributed by atoms with Gasteiger partial charge in [-0.1, -0.05) is 36.4 Å². The van der Waals surface area contributed by atoms with E-state index in [2.05, 4.69) is 34.6 Å². The molecule has 0 aliphatic rings. The van der Waals surface area contributed by atoms with E-state index >= 15 is 0 Å². The predicted octanol–water partition coefficient (Wildman–Crippen LogP) is 4.05. The number of ether oxygens (including phenoxy) is 1. The number of nitrogens with zero attached hydrogens (tertiary/aromatic N) is 1. The van der Waals surface area contributed by atoms with Crippen molar-refractivity contribution in [2.75, 3.05) is 7.05 Å². The van der Waals surface area contributed by atoms with Gasteiger partial charge in [0.2, 0.25) is 5.88 Å². The lowest BCUT2D eigenvalue weighted by Crippen LogP contribution is -2.06. The van der Waals surface area contributed by atoms with Crippen molar-refractivity contribution >= 4 is 10.8 Å². The first-order valence-corrected chi connectivity index (χ1v) is 7.04. The first-order chi connectivity index (χ1) is 10.3. The summed E-state index contributed by atoms with van der Waals surface area (Å²) in [5.41, 5.74) is 2.12. The van der Waals surface area contributed by atoms with Gasteiger partial charge in [-0.3, -0.25) is 0 Å². The summed E-state index contributed by atoms with van der Waals surface area (Å²) in [6, 6.07) is 18.3. The Morgan fingerprint density at radius 2 is 1.86 bits per heavy atom. The van der Waals surface area contributed by atoms with Crippen LogP contribution in [0.25, 0.3) is 10.8 Å². The zero-order valence-electron chi connectivity index (χ0n) is 12.3. The molecule has 0 aliphatic carbocycles. The third-order valence-corrected chi connectivity index (χ3v) is 3.33. The zero-order chi connectivity index (χ0) is 14.7. The summed E-state index contributed by atoms with van der Waals surface area (Å²) in [6.07, 6.45) is 0. The maximum absolute atomic E-state index is 6.02. The van der Waals surface area contributed by atoms with Crippen molar-refractivity contribution < 1.29 is 4.74 Å². The van der Waals surface area contributed by atoms with Gasteiger partial charge in [0.05, 0.1) is 0 Å². The third kappa shape index (κ3) is 3.03.